The summed E-state index contributed by atoms with van der Waals surface area (Å²) in [7, 11) is 0. The molecule has 108 valence electrons. The molecule has 3 aromatic rings. The van der Waals surface area contributed by atoms with Gasteiger partial charge in [0, 0.05) is 17.8 Å². The van der Waals surface area contributed by atoms with Gasteiger partial charge in [-0.25, -0.2) is 9.07 Å². The van der Waals surface area contributed by atoms with E-state index in [1.54, 1.807) is 12.1 Å². The highest BCUT2D eigenvalue weighted by atomic mass is 19.1. The second-order valence-corrected chi connectivity index (χ2v) is 4.68. The summed E-state index contributed by atoms with van der Waals surface area (Å²) in [5.41, 5.74) is 3.98. The monoisotopic (exact) mass is 287 g/mol. The summed E-state index contributed by atoms with van der Waals surface area (Å²) in [6.45, 7) is 4.34. The van der Waals surface area contributed by atoms with Gasteiger partial charge in [-0.3, -0.25) is 5.10 Å². The normalized spacial score (nSPS) is 10.8. The molecule has 0 amide bonds. The fraction of sp³-hybridized carbons (Fsp3) is 0.231. The lowest BCUT2D eigenvalue weighted by molar-refractivity contribution is 0.629. The lowest BCUT2D eigenvalue weighted by Crippen LogP contribution is -2.05. The maximum atomic E-state index is 13.9. The van der Waals surface area contributed by atoms with Crippen molar-refractivity contribution in [2.24, 2.45) is 0 Å². The molecule has 0 aliphatic rings. The van der Waals surface area contributed by atoms with E-state index in [1.165, 1.54) is 17.1 Å². The predicted molar refractivity (Wildman–Crippen MR) is 74.5 cm³/mol. The van der Waals surface area contributed by atoms with Gasteiger partial charge in [0.05, 0.1) is 17.1 Å². The first-order chi connectivity index (χ1) is 10.1. The summed E-state index contributed by atoms with van der Waals surface area (Å²) in [6, 6.07) is 4.66. The molecule has 0 aliphatic heterocycles. The molecular weight excluding hydrogens is 273 g/mol. The Balaban J connectivity index is 1.84. The van der Waals surface area contributed by atoms with Gasteiger partial charge in [0.1, 0.15) is 12.1 Å². The van der Waals surface area contributed by atoms with Crippen molar-refractivity contribution in [2.45, 2.75) is 20.4 Å². The highest BCUT2D eigenvalue weighted by Gasteiger charge is 2.09. The van der Waals surface area contributed by atoms with Gasteiger partial charge in [0.15, 0.2) is 0 Å². The number of benzene rings is 1. The molecule has 0 spiro atoms. The number of nitrogens with one attached hydrogen (secondary N) is 2. The third-order valence-corrected chi connectivity index (χ3v) is 3.30. The first-order valence-corrected chi connectivity index (χ1v) is 6.42. The minimum Gasteiger partial charge on any atom is -0.378 e. The average molecular weight is 287 g/mol. The van der Waals surface area contributed by atoms with E-state index in [9.17, 15) is 4.39 Å². The van der Waals surface area contributed by atoms with Crippen LogP contribution in [0, 0.1) is 19.7 Å². The summed E-state index contributed by atoms with van der Waals surface area (Å²) in [5.74, 6) is -0.328. The second-order valence-electron chi connectivity index (χ2n) is 4.68. The average Bonchev–Trinajstić information content (AvgIpc) is 3.10. The molecule has 2 N–H and O–H groups in total. The van der Waals surface area contributed by atoms with Crippen LogP contribution in [0.3, 0.4) is 0 Å². The smallest absolute Gasteiger partial charge is 0.146 e. The van der Waals surface area contributed by atoms with Gasteiger partial charge >= 0.3 is 0 Å². The van der Waals surface area contributed by atoms with Crippen LogP contribution >= 0.6 is 0 Å². The van der Waals surface area contributed by atoms with Crippen molar-refractivity contribution in [1.29, 1.82) is 0 Å². The molecule has 3 rings (SSSR count). The van der Waals surface area contributed by atoms with E-state index in [2.05, 4.69) is 31.0 Å². The van der Waals surface area contributed by atoms with Crippen LogP contribution < -0.4 is 5.32 Å². The molecule has 0 aliphatic carbocycles. The van der Waals surface area contributed by atoms with Crippen molar-refractivity contribution >= 4 is 5.69 Å². The van der Waals surface area contributed by atoms with E-state index in [-0.39, 0.29) is 5.82 Å². The molecule has 2 heterocycles. The number of anilines is 1. The number of nitrogens with zero attached hydrogens (tertiary/aromatic N) is 5. The molecule has 0 atom stereocenters. The minimum absolute atomic E-state index is 0.328. The maximum absolute atomic E-state index is 13.9. The van der Waals surface area contributed by atoms with Crippen molar-refractivity contribution in [3.63, 3.8) is 0 Å². The summed E-state index contributed by atoms with van der Waals surface area (Å²) >= 11 is 0. The number of tetrazole rings is 1. The van der Waals surface area contributed by atoms with Crippen LogP contribution in [0.2, 0.25) is 0 Å². The molecule has 7 nitrogen and oxygen atoms in total. The lowest BCUT2D eigenvalue weighted by Gasteiger charge is -2.09. The first kappa shape index (κ1) is 13.2. The fourth-order valence-electron chi connectivity index (χ4n) is 2.09. The Bertz CT molecular complexity index is 728. The van der Waals surface area contributed by atoms with Gasteiger partial charge in [-0.05, 0) is 42.5 Å². The summed E-state index contributed by atoms with van der Waals surface area (Å²) in [6.07, 6.45) is 1.46. The highest BCUT2D eigenvalue weighted by Crippen LogP contribution is 2.20. The number of hydrogen-bond donors (Lipinski definition) is 2. The van der Waals surface area contributed by atoms with Crippen molar-refractivity contribution in [1.82, 2.24) is 30.4 Å². The molecule has 21 heavy (non-hydrogen) atoms. The van der Waals surface area contributed by atoms with Crippen molar-refractivity contribution in [3.05, 3.63) is 47.3 Å². The second kappa shape index (κ2) is 5.31. The van der Waals surface area contributed by atoms with Crippen LogP contribution in [0.25, 0.3) is 5.69 Å². The van der Waals surface area contributed by atoms with Crippen molar-refractivity contribution < 1.29 is 4.39 Å². The molecule has 0 saturated heterocycles. The fourth-order valence-corrected chi connectivity index (χ4v) is 2.09. The number of halogens is 1. The van der Waals surface area contributed by atoms with Crippen LogP contribution in [0.4, 0.5) is 10.1 Å². The van der Waals surface area contributed by atoms with Crippen LogP contribution in [-0.2, 0) is 6.54 Å². The molecule has 0 saturated carbocycles. The molecular formula is C13H14FN7. The Hall–Kier alpha value is -2.77. The van der Waals surface area contributed by atoms with Crippen LogP contribution in [0.1, 0.15) is 17.0 Å². The molecule has 0 bridgehead atoms. The van der Waals surface area contributed by atoms with E-state index in [0.29, 0.717) is 17.9 Å². The zero-order valence-corrected chi connectivity index (χ0v) is 11.6. The third kappa shape index (κ3) is 2.60. The minimum atomic E-state index is -0.328. The molecule has 2 aromatic heterocycles. The van der Waals surface area contributed by atoms with E-state index in [4.69, 9.17) is 0 Å². The van der Waals surface area contributed by atoms with Gasteiger partial charge in [-0.1, -0.05) is 0 Å². The molecule has 0 unspecified atom stereocenters. The predicted octanol–water partition coefficient (Wildman–Crippen LogP) is 1.75. The van der Waals surface area contributed by atoms with Gasteiger partial charge in [0.2, 0.25) is 0 Å². The quantitative estimate of drug-likeness (QED) is 0.763. The summed E-state index contributed by atoms with van der Waals surface area (Å²) in [4.78, 5) is 0. The third-order valence-electron chi connectivity index (χ3n) is 3.30. The van der Waals surface area contributed by atoms with Gasteiger partial charge in [-0.2, -0.15) is 5.10 Å². The zero-order chi connectivity index (χ0) is 14.8. The molecule has 0 fully saturated rings. The van der Waals surface area contributed by atoms with E-state index in [1.807, 2.05) is 13.8 Å². The van der Waals surface area contributed by atoms with E-state index >= 15 is 0 Å². The van der Waals surface area contributed by atoms with Crippen LogP contribution in [0.15, 0.2) is 24.5 Å². The SMILES string of the molecule is Cc1n[nH]c(C)c1CNc1cc(-n2cnnn2)ccc1F. The topological polar surface area (TPSA) is 84.3 Å². The van der Waals surface area contributed by atoms with Gasteiger partial charge in [-0.15, -0.1) is 5.10 Å². The maximum Gasteiger partial charge on any atom is 0.146 e. The lowest BCUT2D eigenvalue weighted by atomic mass is 10.2. The number of aryl methyl sites for hydroxylation is 2. The number of aromatic amines is 1. The largest absolute Gasteiger partial charge is 0.378 e. The number of aromatic nitrogens is 6. The van der Waals surface area contributed by atoms with Crippen molar-refractivity contribution in [3.8, 4) is 5.69 Å². The first-order valence-electron chi connectivity index (χ1n) is 6.42. The number of rotatable bonds is 4. The Morgan fingerprint density at radius 2 is 2.19 bits per heavy atom. The van der Waals surface area contributed by atoms with E-state index < -0.39 is 0 Å². The van der Waals surface area contributed by atoms with E-state index in [0.717, 1.165) is 17.0 Å². The Morgan fingerprint density at radius 3 is 2.86 bits per heavy atom. The Labute approximate surface area is 120 Å². The number of H-pyrrole nitrogens is 1. The van der Waals surface area contributed by atoms with Crippen molar-refractivity contribution in [2.75, 3.05) is 5.32 Å². The standard InChI is InChI=1S/C13H14FN7/c1-8-11(9(2)18-17-8)6-15-13-5-10(3-4-12(13)14)21-7-16-19-20-21/h3-5,7,15H,6H2,1-2H3,(H,17,18). The Kier molecular flexibility index (Phi) is 3.35. The van der Waals surface area contributed by atoms with Crippen LogP contribution in [0.5, 0.6) is 0 Å². The summed E-state index contributed by atoms with van der Waals surface area (Å²) < 4.78 is 15.4. The molecule has 0 radical (unpaired) electrons. The Morgan fingerprint density at radius 1 is 1.33 bits per heavy atom. The van der Waals surface area contributed by atoms with Crippen LogP contribution in [-0.4, -0.2) is 30.4 Å². The molecule has 8 heteroatoms. The van der Waals surface area contributed by atoms with Gasteiger partial charge < -0.3 is 5.32 Å². The highest BCUT2D eigenvalue weighted by molar-refractivity contribution is 5.52. The molecule has 1 aromatic carbocycles. The zero-order valence-electron chi connectivity index (χ0n) is 11.6. The summed E-state index contributed by atoms with van der Waals surface area (Å²) in [5, 5.41) is 21.0. The van der Waals surface area contributed by atoms with Gasteiger partial charge in [0.25, 0.3) is 0 Å². The number of hydrogen-bond acceptors (Lipinski definition) is 5.